The van der Waals surface area contributed by atoms with Crippen molar-refractivity contribution in [3.05, 3.63) is 101 Å². The number of amides is 4. The number of carbonyl (C=O) groups is 3. The van der Waals surface area contributed by atoms with Crippen molar-refractivity contribution < 1.29 is 27.6 Å². The van der Waals surface area contributed by atoms with Gasteiger partial charge in [0.1, 0.15) is 18.0 Å². The Morgan fingerprint density at radius 1 is 0.810 bits per heavy atom. The van der Waals surface area contributed by atoms with Gasteiger partial charge in [-0.1, -0.05) is 18.2 Å². The first-order valence-electron chi connectivity index (χ1n) is 12.5. The molecule has 0 saturated heterocycles. The number of nitrogens with one attached hydrogen (secondary N) is 4. The number of rotatable bonds is 7. The van der Waals surface area contributed by atoms with E-state index < -0.39 is 23.7 Å². The molecule has 4 rings (SSSR count). The lowest BCUT2D eigenvalue weighted by molar-refractivity contribution is -0.137. The molecule has 10 nitrogen and oxygen atoms in total. The summed E-state index contributed by atoms with van der Waals surface area (Å²) in [4.78, 5) is 47.2. The van der Waals surface area contributed by atoms with Gasteiger partial charge in [-0.05, 0) is 61.0 Å². The highest BCUT2D eigenvalue weighted by molar-refractivity contribution is 6.05. The average molecular weight is 578 g/mol. The Bertz CT molecular complexity index is 1640. The highest BCUT2D eigenvalue weighted by Crippen LogP contribution is 2.30. The topological polar surface area (TPSA) is 128 Å². The smallest absolute Gasteiger partial charge is 0.355 e. The summed E-state index contributed by atoms with van der Waals surface area (Å²) >= 11 is 0. The van der Waals surface area contributed by atoms with Crippen LogP contribution in [-0.4, -0.2) is 41.9 Å². The molecular formula is C29H26F3N7O3. The molecule has 1 aromatic heterocycles. The standard InChI is InChI=1S/C29H26F3N7O3/c1-17-10-11-22(37-27(41)18-6-4-8-20(12-18)29(30,31)32)14-23(17)38-28(42)39(3)25-15-24(34-16-35-25)36-21-9-5-7-19(13-21)26(40)33-2/h4-16H,1-3H3,(H,33,40)(H,37,41)(H,38,42)(H,34,35,36). The fourth-order valence-corrected chi connectivity index (χ4v) is 3.81. The first kappa shape index (κ1) is 29.5. The van der Waals surface area contributed by atoms with Crippen LogP contribution in [-0.2, 0) is 6.18 Å². The molecule has 4 amide bonds. The molecule has 216 valence electrons. The van der Waals surface area contributed by atoms with Gasteiger partial charge in [-0.2, -0.15) is 13.2 Å². The van der Waals surface area contributed by atoms with Gasteiger partial charge in [0, 0.05) is 48.4 Å². The molecule has 0 saturated carbocycles. The second-order valence-corrected chi connectivity index (χ2v) is 9.10. The second kappa shape index (κ2) is 12.4. The predicted molar refractivity (Wildman–Crippen MR) is 153 cm³/mol. The molecule has 0 aliphatic heterocycles. The number of aryl methyl sites for hydroxylation is 1. The molecule has 0 bridgehead atoms. The van der Waals surface area contributed by atoms with Crippen molar-refractivity contribution in [1.82, 2.24) is 15.3 Å². The number of nitrogens with zero attached hydrogens (tertiary/aromatic N) is 3. The van der Waals surface area contributed by atoms with Gasteiger partial charge >= 0.3 is 12.2 Å². The third-order valence-electron chi connectivity index (χ3n) is 6.11. The zero-order valence-corrected chi connectivity index (χ0v) is 22.7. The number of halogens is 3. The molecule has 42 heavy (non-hydrogen) atoms. The Hall–Kier alpha value is -5.46. The Balaban J connectivity index is 1.45. The van der Waals surface area contributed by atoms with Gasteiger partial charge in [0.2, 0.25) is 0 Å². The first-order chi connectivity index (χ1) is 19.9. The number of anilines is 5. The number of carbonyl (C=O) groups excluding carboxylic acids is 3. The molecule has 4 aromatic rings. The highest BCUT2D eigenvalue weighted by Gasteiger charge is 2.31. The second-order valence-electron chi connectivity index (χ2n) is 9.10. The van der Waals surface area contributed by atoms with Crippen molar-refractivity contribution in [3.8, 4) is 0 Å². The summed E-state index contributed by atoms with van der Waals surface area (Å²) in [6, 6.07) is 16.6. The largest absolute Gasteiger partial charge is 0.416 e. The van der Waals surface area contributed by atoms with Crippen LogP contribution in [0.5, 0.6) is 0 Å². The van der Waals surface area contributed by atoms with Crippen molar-refractivity contribution >= 4 is 46.5 Å². The minimum atomic E-state index is -4.58. The zero-order valence-electron chi connectivity index (χ0n) is 22.7. The molecule has 0 unspecified atom stereocenters. The van der Waals surface area contributed by atoms with Crippen molar-refractivity contribution in [2.45, 2.75) is 13.1 Å². The van der Waals surface area contributed by atoms with Crippen molar-refractivity contribution in [1.29, 1.82) is 0 Å². The maximum Gasteiger partial charge on any atom is 0.416 e. The first-order valence-corrected chi connectivity index (χ1v) is 12.5. The van der Waals surface area contributed by atoms with Crippen LogP contribution in [0.25, 0.3) is 0 Å². The Morgan fingerprint density at radius 2 is 1.52 bits per heavy atom. The molecule has 0 aliphatic rings. The summed E-state index contributed by atoms with van der Waals surface area (Å²) in [5.74, 6) is -0.336. The highest BCUT2D eigenvalue weighted by atomic mass is 19.4. The van der Waals surface area contributed by atoms with Crippen LogP contribution in [0.2, 0.25) is 0 Å². The van der Waals surface area contributed by atoms with Crippen LogP contribution in [0.4, 0.5) is 46.7 Å². The van der Waals surface area contributed by atoms with Crippen LogP contribution < -0.4 is 26.2 Å². The van der Waals surface area contributed by atoms with E-state index in [1.54, 1.807) is 49.4 Å². The van der Waals surface area contributed by atoms with Gasteiger partial charge in [0.25, 0.3) is 11.8 Å². The fraction of sp³-hybridized carbons (Fsp3) is 0.138. The van der Waals surface area contributed by atoms with E-state index in [0.29, 0.717) is 28.3 Å². The van der Waals surface area contributed by atoms with E-state index in [1.807, 2.05) is 0 Å². The molecule has 0 aliphatic carbocycles. The molecule has 0 radical (unpaired) electrons. The predicted octanol–water partition coefficient (Wildman–Crippen LogP) is 5.83. The average Bonchev–Trinajstić information content (AvgIpc) is 2.98. The molecule has 1 heterocycles. The summed E-state index contributed by atoms with van der Waals surface area (Å²) in [6.45, 7) is 1.74. The lowest BCUT2D eigenvalue weighted by Crippen LogP contribution is -2.32. The molecule has 3 aromatic carbocycles. The molecule has 0 spiro atoms. The minimum absolute atomic E-state index is 0.163. The van der Waals surface area contributed by atoms with Gasteiger partial charge in [0.15, 0.2) is 0 Å². The quantitative estimate of drug-likeness (QED) is 0.219. The summed E-state index contributed by atoms with van der Waals surface area (Å²) in [7, 11) is 3.04. The van der Waals surface area contributed by atoms with Crippen molar-refractivity contribution in [3.63, 3.8) is 0 Å². The zero-order chi connectivity index (χ0) is 30.4. The van der Waals surface area contributed by atoms with E-state index in [2.05, 4.69) is 31.2 Å². The Labute approximate surface area is 239 Å². The van der Waals surface area contributed by atoms with Crippen LogP contribution in [0.3, 0.4) is 0 Å². The summed E-state index contributed by atoms with van der Waals surface area (Å²) < 4.78 is 39.1. The summed E-state index contributed by atoms with van der Waals surface area (Å²) in [5.41, 5.74) is 1.28. The molecule has 0 atom stereocenters. The number of hydrogen-bond acceptors (Lipinski definition) is 6. The van der Waals surface area contributed by atoms with Crippen LogP contribution >= 0.6 is 0 Å². The lowest BCUT2D eigenvalue weighted by atomic mass is 10.1. The van der Waals surface area contributed by atoms with Crippen molar-refractivity contribution in [2.24, 2.45) is 0 Å². The van der Waals surface area contributed by atoms with Gasteiger partial charge in [-0.15, -0.1) is 0 Å². The monoisotopic (exact) mass is 577 g/mol. The maximum absolute atomic E-state index is 13.1. The third kappa shape index (κ3) is 7.18. The minimum Gasteiger partial charge on any atom is -0.355 e. The Kier molecular flexibility index (Phi) is 8.70. The number of aromatic nitrogens is 2. The van der Waals surface area contributed by atoms with Gasteiger partial charge in [0.05, 0.1) is 5.56 Å². The van der Waals surface area contributed by atoms with Crippen LogP contribution in [0.1, 0.15) is 31.8 Å². The normalized spacial score (nSPS) is 10.9. The number of alkyl halides is 3. The molecule has 13 heteroatoms. The third-order valence-corrected chi connectivity index (χ3v) is 6.11. The maximum atomic E-state index is 13.1. The van der Waals surface area contributed by atoms with E-state index in [4.69, 9.17) is 0 Å². The van der Waals surface area contributed by atoms with E-state index in [0.717, 1.165) is 18.2 Å². The van der Waals surface area contributed by atoms with E-state index >= 15 is 0 Å². The van der Waals surface area contributed by atoms with Crippen LogP contribution in [0, 0.1) is 6.92 Å². The van der Waals surface area contributed by atoms with E-state index in [1.165, 1.54) is 37.5 Å². The molecule has 0 fully saturated rings. The molecule has 4 N–H and O–H groups in total. The van der Waals surface area contributed by atoms with Gasteiger partial charge in [-0.3, -0.25) is 14.5 Å². The summed E-state index contributed by atoms with van der Waals surface area (Å²) in [5, 5.41) is 10.9. The Morgan fingerprint density at radius 3 is 2.24 bits per heavy atom. The molecular weight excluding hydrogens is 551 g/mol. The van der Waals surface area contributed by atoms with Crippen LogP contribution in [0.15, 0.2) is 79.1 Å². The summed E-state index contributed by atoms with van der Waals surface area (Å²) in [6.07, 6.45) is -3.30. The van der Waals surface area contributed by atoms with Gasteiger partial charge in [-0.25, -0.2) is 14.8 Å². The fourth-order valence-electron chi connectivity index (χ4n) is 3.81. The van der Waals surface area contributed by atoms with Crippen molar-refractivity contribution in [2.75, 3.05) is 34.9 Å². The lowest BCUT2D eigenvalue weighted by Gasteiger charge is -2.19. The van der Waals surface area contributed by atoms with E-state index in [9.17, 15) is 27.6 Å². The van der Waals surface area contributed by atoms with E-state index in [-0.39, 0.29) is 23.0 Å². The number of hydrogen-bond donors (Lipinski definition) is 4. The number of benzene rings is 3. The number of urea groups is 1. The SMILES string of the molecule is CNC(=O)c1cccc(Nc2cc(N(C)C(=O)Nc3cc(NC(=O)c4cccc(C(F)(F)F)c4)ccc3C)ncn2)c1. The van der Waals surface area contributed by atoms with Gasteiger partial charge < -0.3 is 21.3 Å².